The van der Waals surface area contributed by atoms with Crippen molar-refractivity contribution >= 4 is 12.4 Å². The first-order chi connectivity index (χ1) is 15.2. The summed E-state index contributed by atoms with van der Waals surface area (Å²) in [5, 5.41) is 3.58. The number of nitrogens with one attached hydrogen (secondary N) is 1. The maximum absolute atomic E-state index is 5.93. The zero-order valence-corrected chi connectivity index (χ0v) is 19.0. The third kappa shape index (κ3) is 5.87. The van der Waals surface area contributed by atoms with Gasteiger partial charge in [0.05, 0.1) is 13.4 Å². The predicted octanol–water partition coefficient (Wildman–Crippen LogP) is 5.13. The lowest BCUT2D eigenvalue weighted by Crippen LogP contribution is -2.18. The van der Waals surface area contributed by atoms with Crippen LogP contribution in [0.4, 0.5) is 0 Å². The van der Waals surface area contributed by atoms with Crippen LogP contribution in [-0.2, 0) is 13.2 Å². The van der Waals surface area contributed by atoms with Gasteiger partial charge in [0.15, 0.2) is 11.5 Å². The minimum Gasteiger partial charge on any atom is -0.493 e. The molecule has 4 rings (SSSR count). The summed E-state index contributed by atoms with van der Waals surface area (Å²) < 4.78 is 13.5. The molecule has 0 amide bonds. The van der Waals surface area contributed by atoms with E-state index in [0.29, 0.717) is 6.61 Å². The van der Waals surface area contributed by atoms with Gasteiger partial charge in [0.1, 0.15) is 6.61 Å². The van der Waals surface area contributed by atoms with Gasteiger partial charge in [-0.05, 0) is 60.0 Å². The second-order valence-electron chi connectivity index (χ2n) is 7.29. The van der Waals surface area contributed by atoms with E-state index in [4.69, 9.17) is 9.47 Å². The van der Waals surface area contributed by atoms with Crippen LogP contribution in [0, 0.1) is 0 Å². The number of methoxy groups -OCH3 is 1. The Labute approximate surface area is 194 Å². The number of hydrogen-bond acceptors (Lipinski definition) is 5. The number of rotatable bonds is 9. The zero-order valence-electron chi connectivity index (χ0n) is 18.1. The van der Waals surface area contributed by atoms with E-state index in [1.807, 2.05) is 35.0 Å². The fraction of sp³-hybridized carbons (Fsp3) is 0.200. The zero-order chi connectivity index (χ0) is 21.5. The van der Waals surface area contributed by atoms with E-state index < -0.39 is 0 Å². The van der Waals surface area contributed by atoms with Crippen molar-refractivity contribution in [3.63, 3.8) is 0 Å². The molecule has 1 N–H and O–H groups in total. The Bertz CT molecular complexity index is 1090. The van der Waals surface area contributed by atoms with Gasteiger partial charge in [0, 0.05) is 43.1 Å². The molecule has 0 spiro atoms. The average Bonchev–Trinajstić information content (AvgIpc) is 3.37. The first kappa shape index (κ1) is 23.3. The lowest BCUT2D eigenvalue weighted by molar-refractivity contribution is 0.284. The fourth-order valence-electron chi connectivity index (χ4n) is 3.32. The highest BCUT2D eigenvalue weighted by Gasteiger charge is 2.09. The monoisotopic (exact) mass is 450 g/mol. The van der Waals surface area contributed by atoms with Gasteiger partial charge in [-0.15, -0.1) is 12.4 Å². The summed E-state index contributed by atoms with van der Waals surface area (Å²) in [6.07, 6.45) is 9.04. The summed E-state index contributed by atoms with van der Waals surface area (Å²) in [5.41, 5.74) is 4.53. The van der Waals surface area contributed by atoms with Gasteiger partial charge in [-0.3, -0.25) is 4.98 Å². The third-order valence-electron chi connectivity index (χ3n) is 5.18. The summed E-state index contributed by atoms with van der Waals surface area (Å²) in [5.74, 6) is 1.46. The van der Waals surface area contributed by atoms with Gasteiger partial charge in [0.2, 0.25) is 0 Å². The quantitative estimate of drug-likeness (QED) is 0.383. The molecule has 0 bridgehead atoms. The van der Waals surface area contributed by atoms with Crippen LogP contribution in [0.1, 0.15) is 29.7 Å². The van der Waals surface area contributed by atoms with E-state index in [1.54, 1.807) is 32.0 Å². The van der Waals surface area contributed by atoms with Gasteiger partial charge in [0.25, 0.3) is 0 Å². The molecule has 0 aliphatic rings. The van der Waals surface area contributed by atoms with Crippen LogP contribution in [0.2, 0.25) is 0 Å². The van der Waals surface area contributed by atoms with Crippen molar-refractivity contribution < 1.29 is 9.47 Å². The van der Waals surface area contributed by atoms with Crippen molar-refractivity contribution in [2.24, 2.45) is 0 Å². The maximum Gasteiger partial charge on any atom is 0.161 e. The Kier molecular flexibility index (Phi) is 8.25. The molecular formula is C25H27ClN4O2. The third-order valence-corrected chi connectivity index (χ3v) is 5.18. The molecule has 1 unspecified atom stereocenters. The molecule has 166 valence electrons. The lowest BCUT2D eigenvalue weighted by Gasteiger charge is -2.16. The standard InChI is InChI=1S/C25H26N4O2.ClH/c1-19(22-4-6-23(7-5-22)29-14-13-27-18-29)28-16-21-3-8-24(25(15-21)30-2)31-17-20-9-11-26-12-10-20;/h3-15,18-19,28H,16-17H2,1-2H3;1H. The van der Waals surface area contributed by atoms with Crippen LogP contribution in [0.3, 0.4) is 0 Å². The molecule has 2 heterocycles. The Morgan fingerprint density at radius 2 is 1.69 bits per heavy atom. The summed E-state index contributed by atoms with van der Waals surface area (Å²) in [6, 6.07) is 18.6. The van der Waals surface area contributed by atoms with Crippen LogP contribution in [0.5, 0.6) is 11.5 Å². The van der Waals surface area contributed by atoms with Gasteiger partial charge in [-0.2, -0.15) is 0 Å². The number of nitrogens with zero attached hydrogens (tertiary/aromatic N) is 3. The normalized spacial score (nSPS) is 11.4. The molecule has 0 saturated heterocycles. The molecule has 4 aromatic rings. The molecule has 2 aromatic heterocycles. The first-order valence-electron chi connectivity index (χ1n) is 10.2. The lowest BCUT2D eigenvalue weighted by atomic mass is 10.1. The highest BCUT2D eigenvalue weighted by Crippen LogP contribution is 2.29. The van der Waals surface area contributed by atoms with E-state index in [9.17, 15) is 0 Å². The van der Waals surface area contributed by atoms with Crippen LogP contribution < -0.4 is 14.8 Å². The van der Waals surface area contributed by atoms with Crippen LogP contribution in [-0.4, -0.2) is 21.6 Å². The molecule has 32 heavy (non-hydrogen) atoms. The number of imidazole rings is 1. The Morgan fingerprint density at radius 1 is 0.906 bits per heavy atom. The minimum atomic E-state index is 0. The van der Waals surface area contributed by atoms with Gasteiger partial charge >= 0.3 is 0 Å². The molecule has 2 aromatic carbocycles. The number of pyridine rings is 1. The molecule has 0 aliphatic carbocycles. The van der Waals surface area contributed by atoms with E-state index in [2.05, 4.69) is 52.5 Å². The molecular weight excluding hydrogens is 424 g/mol. The Morgan fingerprint density at radius 3 is 2.38 bits per heavy atom. The number of halogens is 1. The molecule has 0 saturated carbocycles. The van der Waals surface area contributed by atoms with Crippen LogP contribution >= 0.6 is 12.4 Å². The predicted molar refractivity (Wildman–Crippen MR) is 128 cm³/mol. The van der Waals surface area contributed by atoms with Gasteiger partial charge in [-0.1, -0.05) is 18.2 Å². The van der Waals surface area contributed by atoms with E-state index >= 15 is 0 Å². The largest absolute Gasteiger partial charge is 0.493 e. The molecule has 0 aliphatic heterocycles. The number of aromatic nitrogens is 3. The van der Waals surface area contributed by atoms with Crippen LogP contribution in [0.15, 0.2) is 85.7 Å². The topological polar surface area (TPSA) is 61.2 Å². The number of hydrogen-bond donors (Lipinski definition) is 1. The Balaban J connectivity index is 0.00000289. The number of ether oxygens (including phenoxy) is 2. The maximum atomic E-state index is 5.93. The van der Waals surface area contributed by atoms with Gasteiger partial charge < -0.3 is 19.4 Å². The van der Waals surface area contributed by atoms with E-state index in [1.165, 1.54) is 5.56 Å². The number of benzene rings is 2. The summed E-state index contributed by atoms with van der Waals surface area (Å²) in [4.78, 5) is 8.12. The highest BCUT2D eigenvalue weighted by atomic mass is 35.5. The molecule has 0 fully saturated rings. The van der Waals surface area contributed by atoms with Crippen molar-refractivity contribution in [2.75, 3.05) is 7.11 Å². The van der Waals surface area contributed by atoms with Gasteiger partial charge in [-0.25, -0.2) is 4.98 Å². The van der Waals surface area contributed by atoms with E-state index in [-0.39, 0.29) is 18.4 Å². The average molecular weight is 451 g/mol. The highest BCUT2D eigenvalue weighted by molar-refractivity contribution is 5.85. The van der Waals surface area contributed by atoms with Crippen molar-refractivity contribution in [3.8, 4) is 17.2 Å². The summed E-state index contributed by atoms with van der Waals surface area (Å²) in [7, 11) is 1.66. The fourth-order valence-corrected chi connectivity index (χ4v) is 3.32. The van der Waals surface area contributed by atoms with Crippen molar-refractivity contribution in [2.45, 2.75) is 26.1 Å². The molecule has 6 nitrogen and oxygen atoms in total. The smallest absolute Gasteiger partial charge is 0.161 e. The summed E-state index contributed by atoms with van der Waals surface area (Å²) >= 11 is 0. The van der Waals surface area contributed by atoms with Crippen LogP contribution in [0.25, 0.3) is 5.69 Å². The molecule has 0 radical (unpaired) electrons. The molecule has 1 atom stereocenters. The van der Waals surface area contributed by atoms with E-state index in [0.717, 1.165) is 34.9 Å². The molecule has 7 heteroatoms. The SMILES string of the molecule is COc1cc(CNC(C)c2ccc(-n3ccnc3)cc2)ccc1OCc1ccncc1.Cl. The summed E-state index contributed by atoms with van der Waals surface area (Å²) in [6.45, 7) is 3.36. The minimum absolute atomic E-state index is 0. The van der Waals surface area contributed by atoms with Crippen molar-refractivity contribution in [1.82, 2.24) is 19.9 Å². The Hall–Kier alpha value is -3.35. The van der Waals surface area contributed by atoms with Crippen molar-refractivity contribution in [1.29, 1.82) is 0 Å². The van der Waals surface area contributed by atoms with Crippen molar-refractivity contribution in [3.05, 3.63) is 102 Å². The second-order valence-corrected chi connectivity index (χ2v) is 7.29. The first-order valence-corrected chi connectivity index (χ1v) is 10.2. The second kappa shape index (κ2) is 11.3.